The van der Waals surface area contributed by atoms with Gasteiger partial charge in [-0.15, -0.1) is 0 Å². The summed E-state index contributed by atoms with van der Waals surface area (Å²) < 4.78 is 29.4. The molecule has 0 amide bonds. The maximum absolute atomic E-state index is 12.5. The maximum atomic E-state index is 12.5. The number of aromatic nitrogens is 1. The van der Waals surface area contributed by atoms with E-state index in [1.165, 1.54) is 0 Å². The molecule has 1 rings (SSSR count). The molecule has 0 spiro atoms. The van der Waals surface area contributed by atoms with Crippen LogP contribution in [0.4, 0.5) is 8.78 Å². The molecule has 0 radical (unpaired) electrons. The lowest BCUT2D eigenvalue weighted by molar-refractivity contribution is 0.0598. The molecule has 0 aliphatic rings. The molecule has 0 aromatic carbocycles. The van der Waals surface area contributed by atoms with Gasteiger partial charge in [0.2, 0.25) is 0 Å². The molecule has 0 saturated carbocycles. The van der Waals surface area contributed by atoms with Crippen molar-refractivity contribution in [3.8, 4) is 0 Å². The van der Waals surface area contributed by atoms with E-state index in [0.717, 1.165) is 13.3 Å². The Morgan fingerprint density at radius 3 is 2.73 bits per heavy atom. The van der Waals surface area contributed by atoms with Crippen molar-refractivity contribution in [2.24, 2.45) is 0 Å². The lowest BCUT2D eigenvalue weighted by atomic mass is 10.2. The van der Waals surface area contributed by atoms with Gasteiger partial charge in [-0.05, 0) is 15.9 Å². The minimum Gasteiger partial charge on any atom is -0.465 e. The Morgan fingerprint density at radius 2 is 2.27 bits per heavy atom. The second-order valence-electron chi connectivity index (χ2n) is 2.48. The molecule has 0 atom stereocenters. The minimum atomic E-state index is -2.82. The molecule has 0 aliphatic heterocycles. The SMILES string of the molecule is COC(=O)c1cnc(Cl)c(C(F)F)c1Br. The number of pyridine rings is 1. The minimum absolute atomic E-state index is 0.0859. The molecule has 1 heterocycles. The summed E-state index contributed by atoms with van der Waals surface area (Å²) in [6.07, 6.45) is -1.74. The Labute approximate surface area is 97.5 Å². The zero-order chi connectivity index (χ0) is 11.6. The number of ether oxygens (including phenoxy) is 1. The second kappa shape index (κ2) is 4.85. The van der Waals surface area contributed by atoms with E-state index in [2.05, 4.69) is 25.7 Å². The Kier molecular flexibility index (Phi) is 3.98. The van der Waals surface area contributed by atoms with Crippen molar-refractivity contribution in [2.75, 3.05) is 7.11 Å². The van der Waals surface area contributed by atoms with Crippen molar-refractivity contribution >= 4 is 33.5 Å². The molecule has 3 nitrogen and oxygen atoms in total. The molecule has 1 aromatic heterocycles. The second-order valence-corrected chi connectivity index (χ2v) is 3.63. The van der Waals surface area contributed by atoms with Crippen LogP contribution in [0.1, 0.15) is 22.3 Å². The fourth-order valence-electron chi connectivity index (χ4n) is 0.921. The Morgan fingerprint density at radius 1 is 1.67 bits per heavy atom. The average Bonchev–Trinajstić information content (AvgIpc) is 2.16. The van der Waals surface area contributed by atoms with Crippen molar-refractivity contribution in [3.05, 3.63) is 26.9 Å². The van der Waals surface area contributed by atoms with Crippen LogP contribution in [0.3, 0.4) is 0 Å². The van der Waals surface area contributed by atoms with Gasteiger partial charge in [0.25, 0.3) is 6.43 Å². The predicted molar refractivity (Wildman–Crippen MR) is 53.2 cm³/mol. The fraction of sp³-hybridized carbons (Fsp3) is 0.250. The van der Waals surface area contributed by atoms with Gasteiger partial charge in [0.05, 0.1) is 18.2 Å². The van der Waals surface area contributed by atoms with Crippen molar-refractivity contribution in [1.29, 1.82) is 0 Å². The van der Waals surface area contributed by atoms with Gasteiger partial charge in [-0.2, -0.15) is 0 Å². The van der Waals surface area contributed by atoms with Crippen LogP contribution in [0.5, 0.6) is 0 Å². The first-order valence-electron chi connectivity index (χ1n) is 3.69. The first-order chi connectivity index (χ1) is 6.99. The summed E-state index contributed by atoms with van der Waals surface area (Å²) in [6, 6.07) is 0. The standard InChI is InChI=1S/C8H5BrClF2NO2/c1-15-8(14)3-2-13-6(10)4(5(3)9)7(11)12/h2,7H,1H3. The highest BCUT2D eigenvalue weighted by atomic mass is 79.9. The van der Waals surface area contributed by atoms with E-state index in [4.69, 9.17) is 11.6 Å². The molecule has 0 N–H and O–H groups in total. The summed E-state index contributed by atoms with van der Waals surface area (Å²) in [6.45, 7) is 0. The zero-order valence-electron chi connectivity index (χ0n) is 7.43. The summed E-state index contributed by atoms with van der Waals surface area (Å²) in [7, 11) is 1.14. The summed E-state index contributed by atoms with van der Waals surface area (Å²) in [5.74, 6) is -0.757. The van der Waals surface area contributed by atoms with Crippen LogP contribution in [0, 0.1) is 0 Å². The van der Waals surface area contributed by atoms with Crippen molar-refractivity contribution in [2.45, 2.75) is 6.43 Å². The van der Waals surface area contributed by atoms with Crippen LogP contribution in [-0.2, 0) is 4.74 Å². The van der Waals surface area contributed by atoms with Gasteiger partial charge in [-0.1, -0.05) is 11.6 Å². The zero-order valence-corrected chi connectivity index (χ0v) is 9.77. The topological polar surface area (TPSA) is 39.2 Å². The van der Waals surface area contributed by atoms with E-state index in [1.807, 2.05) is 0 Å². The average molecular weight is 300 g/mol. The molecular formula is C8H5BrClF2NO2. The van der Waals surface area contributed by atoms with Crippen LogP contribution in [0.15, 0.2) is 10.7 Å². The summed E-state index contributed by atoms with van der Waals surface area (Å²) in [5.41, 5.74) is -0.600. The lowest BCUT2D eigenvalue weighted by Crippen LogP contribution is -2.06. The number of carbonyl (C=O) groups is 1. The van der Waals surface area contributed by atoms with Gasteiger partial charge >= 0.3 is 5.97 Å². The molecule has 0 aliphatic carbocycles. The number of carbonyl (C=O) groups excluding carboxylic acids is 1. The summed E-state index contributed by atoms with van der Waals surface area (Å²) >= 11 is 8.34. The van der Waals surface area contributed by atoms with Crippen LogP contribution in [-0.4, -0.2) is 18.1 Å². The third-order valence-corrected chi connectivity index (χ3v) is 2.78. The number of alkyl halides is 2. The van der Waals surface area contributed by atoms with Crippen LogP contribution >= 0.6 is 27.5 Å². The number of nitrogens with zero attached hydrogens (tertiary/aromatic N) is 1. The van der Waals surface area contributed by atoms with E-state index >= 15 is 0 Å². The molecule has 82 valence electrons. The molecule has 1 aromatic rings. The predicted octanol–water partition coefficient (Wildman–Crippen LogP) is 3.22. The summed E-state index contributed by atoms with van der Waals surface area (Å²) in [4.78, 5) is 14.6. The smallest absolute Gasteiger partial charge is 0.340 e. The number of hydrogen-bond acceptors (Lipinski definition) is 3. The summed E-state index contributed by atoms with van der Waals surface area (Å²) in [5, 5.41) is -0.343. The normalized spacial score (nSPS) is 10.5. The Bertz CT molecular complexity index is 400. The molecule has 0 fully saturated rings. The Balaban J connectivity index is 3.35. The van der Waals surface area contributed by atoms with Gasteiger partial charge in [-0.3, -0.25) is 0 Å². The van der Waals surface area contributed by atoms with Crippen molar-refractivity contribution in [3.63, 3.8) is 0 Å². The number of hydrogen-bond donors (Lipinski definition) is 0. The molecule has 0 saturated heterocycles. The van der Waals surface area contributed by atoms with Gasteiger partial charge in [0.15, 0.2) is 0 Å². The van der Waals surface area contributed by atoms with Gasteiger partial charge in [0, 0.05) is 10.7 Å². The highest BCUT2D eigenvalue weighted by molar-refractivity contribution is 9.10. The first-order valence-corrected chi connectivity index (χ1v) is 4.86. The van der Waals surface area contributed by atoms with E-state index < -0.39 is 18.0 Å². The third-order valence-electron chi connectivity index (χ3n) is 1.63. The van der Waals surface area contributed by atoms with Crippen LogP contribution < -0.4 is 0 Å². The van der Waals surface area contributed by atoms with Gasteiger partial charge in [-0.25, -0.2) is 18.6 Å². The van der Waals surface area contributed by atoms with Crippen LogP contribution in [0.25, 0.3) is 0 Å². The van der Waals surface area contributed by atoms with Crippen molar-refractivity contribution < 1.29 is 18.3 Å². The van der Waals surface area contributed by atoms with Gasteiger partial charge < -0.3 is 4.74 Å². The highest BCUT2D eigenvalue weighted by Crippen LogP contribution is 2.34. The maximum Gasteiger partial charge on any atom is 0.340 e. The third kappa shape index (κ3) is 2.43. The molecular weight excluding hydrogens is 295 g/mol. The lowest BCUT2D eigenvalue weighted by Gasteiger charge is -2.08. The van der Waals surface area contributed by atoms with E-state index in [0.29, 0.717) is 0 Å². The van der Waals surface area contributed by atoms with Gasteiger partial charge in [0.1, 0.15) is 5.15 Å². The van der Waals surface area contributed by atoms with E-state index in [1.54, 1.807) is 0 Å². The van der Waals surface area contributed by atoms with E-state index in [-0.39, 0.29) is 15.2 Å². The number of rotatable bonds is 2. The fourth-order valence-corrected chi connectivity index (χ4v) is 1.89. The molecule has 0 unspecified atom stereocenters. The number of halogens is 4. The van der Waals surface area contributed by atoms with Crippen LogP contribution in [0.2, 0.25) is 5.15 Å². The van der Waals surface area contributed by atoms with E-state index in [9.17, 15) is 13.6 Å². The molecule has 7 heteroatoms. The Hall–Kier alpha value is -0.750. The molecule has 0 bridgehead atoms. The monoisotopic (exact) mass is 299 g/mol. The largest absolute Gasteiger partial charge is 0.465 e. The number of esters is 1. The number of methoxy groups -OCH3 is 1. The van der Waals surface area contributed by atoms with Crippen molar-refractivity contribution in [1.82, 2.24) is 4.98 Å². The quantitative estimate of drug-likeness (QED) is 0.622. The molecule has 15 heavy (non-hydrogen) atoms. The highest BCUT2D eigenvalue weighted by Gasteiger charge is 2.23. The first kappa shape index (κ1) is 12.3.